The summed E-state index contributed by atoms with van der Waals surface area (Å²) in [4.78, 5) is 14.0. The molecule has 2 fully saturated rings. The molecule has 31 heavy (non-hydrogen) atoms. The lowest BCUT2D eigenvalue weighted by Gasteiger charge is -2.39. The van der Waals surface area contributed by atoms with E-state index in [4.69, 9.17) is 10.5 Å². The number of sulfone groups is 1. The van der Waals surface area contributed by atoms with Crippen LogP contribution in [0, 0.1) is 11.8 Å². The Morgan fingerprint density at radius 2 is 1.81 bits per heavy atom. The zero-order valence-corrected chi connectivity index (χ0v) is 17.9. The van der Waals surface area contributed by atoms with Gasteiger partial charge in [-0.2, -0.15) is 0 Å². The van der Waals surface area contributed by atoms with Gasteiger partial charge in [0, 0.05) is 44.0 Å². The molecule has 1 amide bonds. The third-order valence-electron chi connectivity index (χ3n) is 5.84. The second kappa shape index (κ2) is 9.60. The van der Waals surface area contributed by atoms with E-state index < -0.39 is 34.5 Å². The van der Waals surface area contributed by atoms with E-state index in [-0.39, 0.29) is 41.2 Å². The fraction of sp³-hybridized carbons (Fsp3) is 0.571. The van der Waals surface area contributed by atoms with Gasteiger partial charge in [0.25, 0.3) is 0 Å². The number of alkyl halides is 2. The maximum Gasteiger partial charge on any atom is 0.249 e. The maximum atomic E-state index is 13.0. The summed E-state index contributed by atoms with van der Waals surface area (Å²) in [5.74, 6) is -3.34. The highest BCUT2D eigenvalue weighted by Crippen LogP contribution is 2.43. The summed E-state index contributed by atoms with van der Waals surface area (Å²) in [6.07, 6.45) is 0.646. The molecule has 2 N–H and O–H groups in total. The molecular weight excluding hydrogens is 433 g/mol. The van der Waals surface area contributed by atoms with Crippen molar-refractivity contribution in [3.05, 3.63) is 36.2 Å². The number of likely N-dealkylation sites (tertiary alicyclic amines) is 1. The van der Waals surface area contributed by atoms with Crippen LogP contribution in [0.1, 0.15) is 25.7 Å². The van der Waals surface area contributed by atoms with Crippen molar-refractivity contribution < 1.29 is 31.1 Å². The van der Waals surface area contributed by atoms with Crippen molar-refractivity contribution in [2.45, 2.75) is 36.5 Å². The van der Waals surface area contributed by atoms with E-state index in [1.54, 1.807) is 4.90 Å². The van der Waals surface area contributed by atoms with Gasteiger partial charge in [0.05, 0.1) is 17.0 Å². The number of rotatable bonds is 8. The minimum atomic E-state index is -3.53. The number of piperidine rings is 1. The van der Waals surface area contributed by atoms with E-state index in [0.717, 1.165) is 0 Å². The number of carbonyl (C=O) groups excluding carboxylic acids is 1. The summed E-state index contributed by atoms with van der Waals surface area (Å²) in [6, 6.07) is 5.91. The molecule has 3 rings (SSSR count). The van der Waals surface area contributed by atoms with Gasteiger partial charge >= 0.3 is 0 Å². The first-order chi connectivity index (χ1) is 14.6. The molecule has 6 nitrogen and oxygen atoms in total. The minimum absolute atomic E-state index is 0.0190. The van der Waals surface area contributed by atoms with Crippen LogP contribution in [0.3, 0.4) is 0 Å². The van der Waals surface area contributed by atoms with E-state index in [9.17, 15) is 26.4 Å². The molecule has 0 spiro atoms. The average Bonchev–Trinajstić information content (AvgIpc) is 2.73. The molecule has 2 aliphatic rings. The van der Waals surface area contributed by atoms with Gasteiger partial charge in [0.2, 0.25) is 11.8 Å². The Kier molecular flexibility index (Phi) is 7.31. The molecule has 172 valence electrons. The lowest BCUT2D eigenvalue weighted by Crippen LogP contribution is -2.49. The van der Waals surface area contributed by atoms with E-state index in [2.05, 4.69) is 0 Å². The Hall–Kier alpha value is -2.07. The zero-order chi connectivity index (χ0) is 22.6. The van der Waals surface area contributed by atoms with Crippen molar-refractivity contribution in [2.24, 2.45) is 17.6 Å². The van der Waals surface area contributed by atoms with Gasteiger partial charge in [0.1, 0.15) is 12.4 Å². The third kappa shape index (κ3) is 6.00. The number of hydrogen-bond acceptors (Lipinski definition) is 5. The summed E-state index contributed by atoms with van der Waals surface area (Å²) < 4.78 is 69.4. The summed E-state index contributed by atoms with van der Waals surface area (Å²) in [6.45, 7) is 0.786. The first-order valence-electron chi connectivity index (χ1n) is 10.2. The Bertz CT molecular complexity index is 903. The van der Waals surface area contributed by atoms with Crippen molar-refractivity contribution in [1.29, 1.82) is 0 Å². The van der Waals surface area contributed by atoms with Gasteiger partial charge in [-0.3, -0.25) is 4.79 Å². The quantitative estimate of drug-likeness (QED) is 0.644. The van der Waals surface area contributed by atoms with E-state index in [1.165, 1.54) is 24.3 Å². The number of nitrogens with two attached hydrogens (primary N) is 1. The summed E-state index contributed by atoms with van der Waals surface area (Å²) in [7, 11) is -3.53. The van der Waals surface area contributed by atoms with Crippen LogP contribution in [-0.4, -0.2) is 57.1 Å². The molecule has 1 aromatic rings. The highest BCUT2D eigenvalue weighted by Gasteiger charge is 2.50. The van der Waals surface area contributed by atoms with Crippen LogP contribution in [0.5, 0.6) is 5.75 Å². The first-order valence-corrected chi connectivity index (χ1v) is 11.9. The van der Waals surface area contributed by atoms with Gasteiger partial charge < -0.3 is 15.4 Å². The SMILES string of the molecule is NC/C(=C\F)COc1ccc(S(=O)(=O)CC2CCN(C(=O)C3CC(F)(F)C3)CC2)cc1. The van der Waals surface area contributed by atoms with Crippen molar-refractivity contribution in [3.63, 3.8) is 0 Å². The van der Waals surface area contributed by atoms with E-state index in [0.29, 0.717) is 38.0 Å². The fourth-order valence-corrected chi connectivity index (χ4v) is 5.57. The molecule has 1 saturated heterocycles. The standard InChI is InChI=1S/C21H27F3N2O4S/c22-11-16(12-25)13-30-18-1-3-19(4-2-18)31(28,29)14-15-5-7-26(8-6-15)20(27)17-9-21(23,24)10-17/h1-4,11,15,17H,5-10,12-14,25H2/b16-11+. The van der Waals surface area contributed by atoms with Crippen LogP contribution >= 0.6 is 0 Å². The first kappa shape index (κ1) is 23.6. The number of ether oxygens (including phenoxy) is 1. The summed E-state index contributed by atoms with van der Waals surface area (Å²) in [5.41, 5.74) is 5.64. The smallest absolute Gasteiger partial charge is 0.249 e. The zero-order valence-electron chi connectivity index (χ0n) is 17.1. The molecule has 1 aliphatic heterocycles. The highest BCUT2D eigenvalue weighted by molar-refractivity contribution is 7.91. The van der Waals surface area contributed by atoms with Crippen LogP contribution < -0.4 is 10.5 Å². The fourth-order valence-electron chi connectivity index (χ4n) is 3.87. The molecule has 1 aliphatic carbocycles. The van der Waals surface area contributed by atoms with Gasteiger partial charge in [0.15, 0.2) is 9.84 Å². The van der Waals surface area contributed by atoms with E-state index >= 15 is 0 Å². The number of hydrogen-bond donors (Lipinski definition) is 1. The van der Waals surface area contributed by atoms with Crippen molar-refractivity contribution in [1.82, 2.24) is 4.90 Å². The molecule has 0 atom stereocenters. The Morgan fingerprint density at radius 1 is 1.19 bits per heavy atom. The molecule has 0 bridgehead atoms. The number of benzene rings is 1. The predicted molar refractivity (Wildman–Crippen MR) is 109 cm³/mol. The lowest BCUT2D eigenvalue weighted by atomic mass is 9.80. The molecule has 0 radical (unpaired) electrons. The minimum Gasteiger partial charge on any atom is -0.489 e. The van der Waals surface area contributed by atoms with Crippen molar-refractivity contribution >= 4 is 15.7 Å². The Morgan fingerprint density at radius 3 is 2.32 bits per heavy atom. The Balaban J connectivity index is 1.49. The number of amides is 1. The van der Waals surface area contributed by atoms with Crippen LogP contribution in [0.4, 0.5) is 13.2 Å². The van der Waals surface area contributed by atoms with Gasteiger partial charge in [-0.15, -0.1) is 0 Å². The molecule has 1 heterocycles. The monoisotopic (exact) mass is 460 g/mol. The Labute approximate surface area is 180 Å². The maximum absolute atomic E-state index is 13.0. The second-order valence-electron chi connectivity index (χ2n) is 8.24. The number of halogens is 3. The second-order valence-corrected chi connectivity index (χ2v) is 10.3. The van der Waals surface area contributed by atoms with Crippen LogP contribution in [0.15, 0.2) is 41.1 Å². The van der Waals surface area contributed by atoms with Crippen molar-refractivity contribution in [3.8, 4) is 5.75 Å². The summed E-state index contributed by atoms with van der Waals surface area (Å²) in [5, 5.41) is 0. The molecule has 10 heteroatoms. The molecule has 1 aromatic carbocycles. The third-order valence-corrected chi connectivity index (χ3v) is 7.74. The van der Waals surface area contributed by atoms with Gasteiger partial charge in [-0.1, -0.05) is 0 Å². The summed E-state index contributed by atoms with van der Waals surface area (Å²) >= 11 is 0. The largest absolute Gasteiger partial charge is 0.489 e. The van der Waals surface area contributed by atoms with Crippen LogP contribution in [-0.2, 0) is 14.6 Å². The predicted octanol–water partition coefficient (Wildman–Crippen LogP) is 2.94. The van der Waals surface area contributed by atoms with Crippen LogP contribution in [0.25, 0.3) is 0 Å². The van der Waals surface area contributed by atoms with Gasteiger partial charge in [-0.25, -0.2) is 21.6 Å². The average molecular weight is 461 g/mol. The molecule has 0 aromatic heterocycles. The molecular formula is C21H27F3N2O4S. The van der Waals surface area contributed by atoms with E-state index in [1.807, 2.05) is 0 Å². The normalized spacial score (nSPS) is 20.4. The highest BCUT2D eigenvalue weighted by atomic mass is 32.2. The lowest BCUT2D eigenvalue weighted by molar-refractivity contribution is -0.160. The molecule has 1 saturated carbocycles. The van der Waals surface area contributed by atoms with Crippen molar-refractivity contribution in [2.75, 3.05) is 32.0 Å². The number of nitrogens with zero attached hydrogens (tertiary/aromatic N) is 1. The number of carbonyl (C=O) groups is 1. The van der Waals surface area contributed by atoms with Crippen LogP contribution in [0.2, 0.25) is 0 Å². The molecule has 0 unspecified atom stereocenters. The topological polar surface area (TPSA) is 89.7 Å². The van der Waals surface area contributed by atoms with Gasteiger partial charge in [-0.05, 0) is 43.0 Å².